The second kappa shape index (κ2) is 12.2. The summed E-state index contributed by atoms with van der Waals surface area (Å²) in [6.07, 6.45) is 3.84. The van der Waals surface area contributed by atoms with Crippen molar-refractivity contribution in [2.24, 2.45) is 0 Å². The first-order chi connectivity index (χ1) is 14.6. The average molecular weight is 469 g/mol. The zero-order chi connectivity index (χ0) is 24.7. The molecule has 0 spiro atoms. The van der Waals surface area contributed by atoms with Crippen LogP contribution in [0.15, 0.2) is 12.1 Å². The van der Waals surface area contributed by atoms with Crippen LogP contribution in [-0.2, 0) is 25.3 Å². The van der Waals surface area contributed by atoms with Crippen LogP contribution in [-0.4, -0.2) is 24.4 Å². The summed E-state index contributed by atoms with van der Waals surface area (Å²) < 4.78 is 18.9. The van der Waals surface area contributed by atoms with Gasteiger partial charge in [-0.25, -0.2) is 0 Å². The van der Waals surface area contributed by atoms with E-state index in [1.54, 1.807) is 0 Å². The molecule has 5 heteroatoms. The highest BCUT2D eigenvalue weighted by Crippen LogP contribution is 2.50. The van der Waals surface area contributed by atoms with Gasteiger partial charge in [0.1, 0.15) is 5.75 Å². The van der Waals surface area contributed by atoms with Crippen molar-refractivity contribution in [1.29, 1.82) is 0 Å². The van der Waals surface area contributed by atoms with Gasteiger partial charge in [-0.3, -0.25) is 4.52 Å². The predicted molar refractivity (Wildman–Crippen MR) is 138 cm³/mol. The van der Waals surface area contributed by atoms with Crippen LogP contribution in [0.2, 0.25) is 0 Å². The van der Waals surface area contributed by atoms with Crippen molar-refractivity contribution in [2.75, 3.05) is 13.2 Å². The Bertz CT molecular complexity index is 660. The molecule has 0 saturated heterocycles. The topological polar surface area (TPSA) is 47.9 Å². The van der Waals surface area contributed by atoms with Crippen molar-refractivity contribution in [1.82, 2.24) is 0 Å². The van der Waals surface area contributed by atoms with Crippen molar-refractivity contribution >= 4 is 8.60 Å². The Kier molecular flexibility index (Phi) is 11.2. The molecule has 0 aliphatic carbocycles. The van der Waals surface area contributed by atoms with Gasteiger partial charge in [-0.05, 0) is 41.6 Å². The minimum atomic E-state index is -1.58. The van der Waals surface area contributed by atoms with Crippen LogP contribution in [0.3, 0.4) is 0 Å². The Labute approximate surface area is 199 Å². The molecular formula is C27H49O4P. The number of hydrogen-bond donors (Lipinski definition) is 1. The lowest BCUT2D eigenvalue weighted by Crippen LogP contribution is -2.23. The van der Waals surface area contributed by atoms with E-state index >= 15 is 0 Å². The average Bonchev–Trinajstić information content (AvgIpc) is 2.63. The van der Waals surface area contributed by atoms with Gasteiger partial charge in [0, 0.05) is 17.7 Å². The highest BCUT2D eigenvalue weighted by Gasteiger charge is 2.32. The smallest absolute Gasteiger partial charge is 0.397 e. The van der Waals surface area contributed by atoms with E-state index in [0.29, 0.717) is 13.0 Å². The largest absolute Gasteiger partial charge is 0.426 e. The third-order valence-corrected chi connectivity index (χ3v) is 6.72. The van der Waals surface area contributed by atoms with Crippen molar-refractivity contribution in [3.63, 3.8) is 0 Å². The summed E-state index contributed by atoms with van der Waals surface area (Å²) in [4.78, 5) is 0. The van der Waals surface area contributed by atoms with Crippen LogP contribution in [0.5, 0.6) is 5.75 Å². The summed E-state index contributed by atoms with van der Waals surface area (Å²) in [6.45, 7) is 24.9. The molecule has 4 nitrogen and oxygen atoms in total. The maximum atomic E-state index is 9.22. The molecule has 0 heterocycles. The van der Waals surface area contributed by atoms with Crippen molar-refractivity contribution in [3.8, 4) is 5.75 Å². The van der Waals surface area contributed by atoms with Crippen LogP contribution in [0, 0.1) is 0 Å². The lowest BCUT2D eigenvalue weighted by atomic mass is 9.75. The van der Waals surface area contributed by atoms with Crippen molar-refractivity contribution in [3.05, 3.63) is 28.8 Å². The summed E-state index contributed by atoms with van der Waals surface area (Å²) in [5.74, 6) is 0.885. The Morgan fingerprint density at radius 3 is 1.81 bits per heavy atom. The minimum Gasteiger partial charge on any atom is -0.426 e. The van der Waals surface area contributed by atoms with Crippen LogP contribution in [0.4, 0.5) is 0 Å². The second-order valence-electron chi connectivity index (χ2n) is 11.9. The van der Waals surface area contributed by atoms with Crippen LogP contribution in [0.25, 0.3) is 0 Å². The molecule has 1 aromatic rings. The quantitative estimate of drug-likeness (QED) is 0.263. The fourth-order valence-corrected chi connectivity index (χ4v) is 4.50. The molecule has 1 N–H and O–H groups in total. The molecule has 0 aliphatic heterocycles. The molecular weight excluding hydrogens is 419 g/mol. The summed E-state index contributed by atoms with van der Waals surface area (Å²) in [5, 5.41) is 9.22. The summed E-state index contributed by atoms with van der Waals surface area (Å²) in [6, 6.07) is 4.60. The molecule has 2 atom stereocenters. The number of hydrogen-bond acceptors (Lipinski definition) is 4. The molecule has 186 valence electrons. The minimum absolute atomic E-state index is 0.0338. The van der Waals surface area contributed by atoms with Gasteiger partial charge in [-0.1, -0.05) is 94.2 Å². The first-order valence-corrected chi connectivity index (χ1v) is 13.3. The summed E-state index contributed by atoms with van der Waals surface area (Å²) >= 11 is 0. The Hall–Kier alpha value is -0.670. The molecule has 0 bridgehead atoms. The molecule has 0 saturated carbocycles. The van der Waals surface area contributed by atoms with E-state index in [9.17, 15) is 5.11 Å². The molecule has 0 fully saturated rings. The second-order valence-corrected chi connectivity index (χ2v) is 13.0. The highest BCUT2D eigenvalue weighted by molar-refractivity contribution is 7.42. The lowest BCUT2D eigenvalue weighted by Gasteiger charge is -2.34. The Morgan fingerprint density at radius 1 is 0.875 bits per heavy atom. The van der Waals surface area contributed by atoms with Gasteiger partial charge in [0.25, 0.3) is 0 Å². The van der Waals surface area contributed by atoms with E-state index in [1.807, 2.05) is 0 Å². The first kappa shape index (κ1) is 29.4. The number of aliphatic hydroxyl groups excluding tert-OH is 1. The summed E-state index contributed by atoms with van der Waals surface area (Å²) in [7, 11) is -1.58. The van der Waals surface area contributed by atoms with Gasteiger partial charge in [0.05, 0.1) is 12.7 Å². The van der Waals surface area contributed by atoms with Crippen LogP contribution < -0.4 is 4.52 Å². The molecule has 2 unspecified atom stereocenters. The van der Waals surface area contributed by atoms with E-state index in [0.717, 1.165) is 25.0 Å². The van der Waals surface area contributed by atoms with E-state index in [1.165, 1.54) is 16.7 Å². The Balaban J connectivity index is 3.51. The third kappa shape index (κ3) is 9.29. The van der Waals surface area contributed by atoms with Gasteiger partial charge in [-0.15, -0.1) is 0 Å². The van der Waals surface area contributed by atoms with Gasteiger partial charge in [-0.2, -0.15) is 0 Å². The van der Waals surface area contributed by atoms with Crippen LogP contribution in [0.1, 0.15) is 119 Å². The van der Waals surface area contributed by atoms with Gasteiger partial charge in [0.15, 0.2) is 0 Å². The highest BCUT2D eigenvalue weighted by atomic mass is 31.2. The maximum Gasteiger partial charge on any atom is 0.397 e. The molecule has 1 rings (SSSR count). The molecule has 0 amide bonds. The fourth-order valence-electron chi connectivity index (χ4n) is 3.32. The molecule has 1 aromatic carbocycles. The van der Waals surface area contributed by atoms with E-state index in [-0.39, 0.29) is 29.0 Å². The zero-order valence-corrected chi connectivity index (χ0v) is 23.5. The monoisotopic (exact) mass is 468 g/mol. The number of aliphatic hydroxyl groups is 1. The third-order valence-electron chi connectivity index (χ3n) is 5.47. The number of benzene rings is 1. The van der Waals surface area contributed by atoms with Gasteiger partial charge >= 0.3 is 8.60 Å². The standard InChI is InChI=1S/C27H49O4P/c1-12-13-15-20(2)30-32(29-17-14-16-28)31-24-22(26(6,7)8)18-21(25(3,4)5)19-23(24)27(9,10)11/h18-20,28H,12-17H2,1-11H3. The predicted octanol–water partition coefficient (Wildman–Crippen LogP) is 8.18. The van der Waals surface area contributed by atoms with E-state index in [2.05, 4.69) is 88.3 Å². The van der Waals surface area contributed by atoms with Gasteiger partial charge < -0.3 is 14.2 Å². The number of rotatable bonds is 11. The first-order valence-electron chi connectivity index (χ1n) is 12.2. The molecule has 32 heavy (non-hydrogen) atoms. The Morgan fingerprint density at radius 2 is 1.41 bits per heavy atom. The van der Waals surface area contributed by atoms with E-state index in [4.69, 9.17) is 13.6 Å². The lowest BCUT2D eigenvalue weighted by molar-refractivity contribution is 0.142. The van der Waals surface area contributed by atoms with Crippen molar-refractivity contribution < 1.29 is 18.7 Å². The summed E-state index contributed by atoms with van der Waals surface area (Å²) in [5.41, 5.74) is 3.50. The van der Waals surface area contributed by atoms with Gasteiger partial charge in [0.2, 0.25) is 0 Å². The molecule has 0 aliphatic rings. The van der Waals surface area contributed by atoms with Crippen LogP contribution >= 0.6 is 8.60 Å². The maximum absolute atomic E-state index is 9.22. The normalized spacial score (nSPS) is 15.0. The van der Waals surface area contributed by atoms with Crippen molar-refractivity contribution in [2.45, 2.75) is 124 Å². The zero-order valence-electron chi connectivity index (χ0n) is 22.6. The van der Waals surface area contributed by atoms with E-state index < -0.39 is 8.60 Å². The molecule has 0 aromatic heterocycles. The number of unbranched alkanes of at least 4 members (excludes halogenated alkanes) is 1. The fraction of sp³-hybridized carbons (Fsp3) is 0.778. The molecule has 0 radical (unpaired) electrons. The SMILES string of the molecule is CCCCC(C)OP(OCCCO)Oc1c(C(C)(C)C)cc(C(C)(C)C)cc1C(C)(C)C.